The van der Waals surface area contributed by atoms with E-state index >= 15 is 0 Å². The van der Waals surface area contributed by atoms with E-state index in [-0.39, 0.29) is 0 Å². The molecule has 86 valence electrons. The second kappa shape index (κ2) is 4.99. The van der Waals surface area contributed by atoms with E-state index in [0.717, 1.165) is 42.3 Å². The predicted molar refractivity (Wildman–Crippen MR) is 60.9 cm³/mol. The Kier molecular flexibility index (Phi) is 3.41. The number of furan rings is 1. The third-order valence-electron chi connectivity index (χ3n) is 2.35. The summed E-state index contributed by atoms with van der Waals surface area (Å²) in [6.45, 7) is 5.76. The van der Waals surface area contributed by atoms with E-state index in [4.69, 9.17) is 8.83 Å². The van der Waals surface area contributed by atoms with Crippen LogP contribution in [0, 0.1) is 6.92 Å². The van der Waals surface area contributed by atoms with Gasteiger partial charge in [0, 0.05) is 6.54 Å². The van der Waals surface area contributed by atoms with Crippen LogP contribution in [0.2, 0.25) is 0 Å². The fraction of sp³-hybridized carbons (Fsp3) is 0.417. The van der Waals surface area contributed by atoms with Crippen molar-refractivity contribution in [2.45, 2.75) is 26.8 Å². The van der Waals surface area contributed by atoms with E-state index in [1.807, 2.05) is 13.0 Å². The molecule has 0 atom stereocenters. The van der Waals surface area contributed by atoms with Gasteiger partial charge < -0.3 is 14.2 Å². The normalized spacial score (nSPS) is 10.9. The zero-order chi connectivity index (χ0) is 11.4. The molecule has 0 aliphatic heterocycles. The summed E-state index contributed by atoms with van der Waals surface area (Å²) in [6.07, 6.45) is 4.28. The summed E-state index contributed by atoms with van der Waals surface area (Å²) in [6, 6.07) is 1.95. The van der Waals surface area contributed by atoms with E-state index < -0.39 is 0 Å². The molecule has 4 heteroatoms. The summed E-state index contributed by atoms with van der Waals surface area (Å²) in [5.74, 6) is 1.67. The lowest BCUT2D eigenvalue weighted by atomic mass is 10.2. The van der Waals surface area contributed by atoms with E-state index in [2.05, 4.69) is 17.2 Å². The molecular formula is C12H16N2O2. The smallest absolute Gasteiger partial charge is 0.181 e. The van der Waals surface area contributed by atoms with Gasteiger partial charge in [-0.2, -0.15) is 0 Å². The summed E-state index contributed by atoms with van der Waals surface area (Å²) in [5.41, 5.74) is 1.87. The molecule has 0 amide bonds. The lowest BCUT2D eigenvalue weighted by molar-refractivity contribution is 0.531. The first-order chi connectivity index (χ1) is 7.81. The minimum absolute atomic E-state index is 0.726. The van der Waals surface area contributed by atoms with Gasteiger partial charge in [0.25, 0.3) is 0 Å². The first-order valence-corrected chi connectivity index (χ1v) is 5.50. The molecule has 2 aromatic rings. The minimum Gasteiger partial charge on any atom is -0.469 e. The van der Waals surface area contributed by atoms with Crippen LogP contribution in [-0.4, -0.2) is 11.5 Å². The average molecular weight is 220 g/mol. The van der Waals surface area contributed by atoms with Crippen molar-refractivity contribution < 1.29 is 8.83 Å². The van der Waals surface area contributed by atoms with Crippen LogP contribution < -0.4 is 5.32 Å². The maximum atomic E-state index is 5.38. The molecular weight excluding hydrogens is 204 g/mol. The van der Waals surface area contributed by atoms with Gasteiger partial charge in [-0.3, -0.25) is 0 Å². The van der Waals surface area contributed by atoms with Gasteiger partial charge in [-0.05, 0) is 26.0 Å². The fourth-order valence-electron chi connectivity index (χ4n) is 1.58. The summed E-state index contributed by atoms with van der Waals surface area (Å²) in [4.78, 5) is 4.20. The second-order valence-corrected chi connectivity index (χ2v) is 3.75. The molecule has 2 heterocycles. The Bertz CT molecular complexity index is 445. The first kappa shape index (κ1) is 11.0. The van der Waals surface area contributed by atoms with E-state index in [1.54, 1.807) is 6.26 Å². The summed E-state index contributed by atoms with van der Waals surface area (Å²) < 4.78 is 10.6. The van der Waals surface area contributed by atoms with Gasteiger partial charge in [0.1, 0.15) is 17.7 Å². The highest BCUT2D eigenvalue weighted by Crippen LogP contribution is 2.24. The number of aryl methyl sites for hydroxylation is 1. The summed E-state index contributed by atoms with van der Waals surface area (Å²) in [7, 11) is 0. The third kappa shape index (κ3) is 2.33. The molecule has 0 fully saturated rings. The van der Waals surface area contributed by atoms with Crippen LogP contribution in [0.3, 0.4) is 0 Å². The average Bonchev–Trinajstić information content (AvgIpc) is 2.87. The van der Waals surface area contributed by atoms with Gasteiger partial charge in [-0.1, -0.05) is 6.92 Å². The van der Waals surface area contributed by atoms with Crippen LogP contribution in [0.4, 0.5) is 0 Å². The Morgan fingerprint density at radius 1 is 1.38 bits per heavy atom. The van der Waals surface area contributed by atoms with Crippen molar-refractivity contribution in [1.29, 1.82) is 0 Å². The van der Waals surface area contributed by atoms with E-state index in [0.29, 0.717) is 0 Å². The minimum atomic E-state index is 0.726. The Morgan fingerprint density at radius 3 is 2.94 bits per heavy atom. The fourth-order valence-corrected chi connectivity index (χ4v) is 1.58. The molecule has 0 unspecified atom stereocenters. The molecule has 0 aliphatic rings. The number of aromatic nitrogens is 1. The molecule has 1 N–H and O–H groups in total. The van der Waals surface area contributed by atoms with Crippen LogP contribution in [0.1, 0.15) is 24.8 Å². The van der Waals surface area contributed by atoms with Gasteiger partial charge in [0.15, 0.2) is 12.2 Å². The van der Waals surface area contributed by atoms with Crippen molar-refractivity contribution in [2.75, 3.05) is 6.54 Å². The maximum Gasteiger partial charge on any atom is 0.181 e. The molecule has 0 saturated heterocycles. The Hall–Kier alpha value is -1.55. The second-order valence-electron chi connectivity index (χ2n) is 3.75. The number of hydrogen-bond donors (Lipinski definition) is 1. The summed E-state index contributed by atoms with van der Waals surface area (Å²) >= 11 is 0. The standard InChI is InChI=1S/C12H16N2O2/c1-3-4-13-6-11-12(16-8-14-11)10-5-9(2)15-7-10/h5,7-8,13H,3-4,6H2,1-2H3. The lowest BCUT2D eigenvalue weighted by Crippen LogP contribution is -2.14. The number of hydrogen-bond acceptors (Lipinski definition) is 4. The number of oxazole rings is 1. The Balaban J connectivity index is 2.12. The van der Waals surface area contributed by atoms with Crippen molar-refractivity contribution in [3.63, 3.8) is 0 Å². The lowest BCUT2D eigenvalue weighted by Gasteiger charge is -2.00. The van der Waals surface area contributed by atoms with E-state index in [1.165, 1.54) is 6.39 Å². The summed E-state index contributed by atoms with van der Waals surface area (Å²) in [5, 5.41) is 3.30. The highest BCUT2D eigenvalue weighted by atomic mass is 16.3. The van der Waals surface area contributed by atoms with Crippen LogP contribution in [0.5, 0.6) is 0 Å². The molecule has 0 aliphatic carbocycles. The molecule has 0 spiro atoms. The molecule has 2 aromatic heterocycles. The van der Waals surface area contributed by atoms with Crippen molar-refractivity contribution in [3.8, 4) is 11.3 Å². The molecule has 0 bridgehead atoms. The highest BCUT2D eigenvalue weighted by molar-refractivity contribution is 5.58. The third-order valence-corrected chi connectivity index (χ3v) is 2.35. The van der Waals surface area contributed by atoms with Crippen LogP contribution in [-0.2, 0) is 6.54 Å². The van der Waals surface area contributed by atoms with Gasteiger partial charge in [0.2, 0.25) is 0 Å². The molecule has 4 nitrogen and oxygen atoms in total. The molecule has 0 saturated carbocycles. The van der Waals surface area contributed by atoms with Crippen molar-refractivity contribution in [1.82, 2.24) is 10.3 Å². The molecule has 0 radical (unpaired) electrons. The van der Waals surface area contributed by atoms with Gasteiger partial charge in [-0.25, -0.2) is 4.98 Å². The zero-order valence-corrected chi connectivity index (χ0v) is 9.62. The first-order valence-electron chi connectivity index (χ1n) is 5.50. The number of nitrogens with zero attached hydrogens (tertiary/aromatic N) is 1. The largest absolute Gasteiger partial charge is 0.469 e. The van der Waals surface area contributed by atoms with Crippen molar-refractivity contribution >= 4 is 0 Å². The van der Waals surface area contributed by atoms with Crippen LogP contribution >= 0.6 is 0 Å². The number of nitrogens with one attached hydrogen (secondary N) is 1. The maximum absolute atomic E-state index is 5.38. The zero-order valence-electron chi connectivity index (χ0n) is 9.62. The molecule has 0 aromatic carbocycles. The topological polar surface area (TPSA) is 51.2 Å². The Morgan fingerprint density at radius 2 is 2.25 bits per heavy atom. The van der Waals surface area contributed by atoms with Crippen LogP contribution in [0.25, 0.3) is 11.3 Å². The van der Waals surface area contributed by atoms with Crippen LogP contribution in [0.15, 0.2) is 27.6 Å². The monoisotopic (exact) mass is 220 g/mol. The highest BCUT2D eigenvalue weighted by Gasteiger charge is 2.12. The van der Waals surface area contributed by atoms with Crippen molar-refractivity contribution in [3.05, 3.63) is 30.2 Å². The van der Waals surface area contributed by atoms with Gasteiger partial charge >= 0.3 is 0 Å². The Labute approximate surface area is 94.7 Å². The SMILES string of the molecule is CCCNCc1ncoc1-c1coc(C)c1. The predicted octanol–water partition coefficient (Wildman–Crippen LogP) is 2.74. The van der Waals surface area contributed by atoms with Gasteiger partial charge in [-0.15, -0.1) is 0 Å². The van der Waals surface area contributed by atoms with Crippen molar-refractivity contribution in [2.24, 2.45) is 0 Å². The van der Waals surface area contributed by atoms with Gasteiger partial charge in [0.05, 0.1) is 5.56 Å². The van der Waals surface area contributed by atoms with E-state index in [9.17, 15) is 0 Å². The number of rotatable bonds is 5. The quantitative estimate of drug-likeness (QED) is 0.787. The molecule has 16 heavy (non-hydrogen) atoms. The molecule has 2 rings (SSSR count).